The quantitative estimate of drug-likeness (QED) is 0.573. The number of hydrogen-bond acceptors (Lipinski definition) is 5. The van der Waals surface area contributed by atoms with Gasteiger partial charge in [0.2, 0.25) is 0 Å². The summed E-state index contributed by atoms with van der Waals surface area (Å²) in [4.78, 5) is 16.4. The van der Waals surface area contributed by atoms with E-state index in [0.717, 1.165) is 23.1 Å². The molecule has 0 radical (unpaired) electrons. The van der Waals surface area contributed by atoms with E-state index in [1.165, 1.54) is 6.07 Å². The van der Waals surface area contributed by atoms with Crippen molar-refractivity contribution in [2.45, 2.75) is 6.04 Å². The van der Waals surface area contributed by atoms with Gasteiger partial charge in [0.15, 0.2) is 0 Å². The smallest absolute Gasteiger partial charge is 0.337 e. The zero-order chi connectivity index (χ0) is 19.7. The highest BCUT2D eigenvalue weighted by Crippen LogP contribution is 2.32. The minimum atomic E-state index is -1.07. The zero-order valence-electron chi connectivity index (χ0n) is 14.7. The first-order chi connectivity index (χ1) is 13.5. The van der Waals surface area contributed by atoms with Crippen LogP contribution < -0.4 is 10.6 Å². The predicted molar refractivity (Wildman–Crippen MR) is 110 cm³/mol. The van der Waals surface area contributed by atoms with Crippen molar-refractivity contribution in [1.29, 1.82) is 0 Å². The van der Waals surface area contributed by atoms with Crippen LogP contribution in [0.2, 0.25) is 10.0 Å². The van der Waals surface area contributed by atoms with Crippen LogP contribution in [-0.4, -0.2) is 35.8 Å². The van der Waals surface area contributed by atoms with Crippen LogP contribution in [0.5, 0.6) is 0 Å². The van der Waals surface area contributed by atoms with Crippen molar-refractivity contribution in [3.05, 3.63) is 63.8 Å². The number of aromatic carboxylic acids is 1. The monoisotopic (exact) mass is 417 g/mol. The number of ether oxygens (including phenoxy) is 1. The van der Waals surface area contributed by atoms with Gasteiger partial charge < -0.3 is 20.5 Å². The van der Waals surface area contributed by atoms with Crippen molar-refractivity contribution in [2.75, 3.05) is 25.1 Å². The first-order valence-electron chi connectivity index (χ1n) is 8.72. The molecule has 1 unspecified atom stereocenters. The van der Waals surface area contributed by atoms with Crippen LogP contribution in [0.3, 0.4) is 0 Å². The number of aromatic nitrogens is 1. The Kier molecular flexibility index (Phi) is 5.37. The summed E-state index contributed by atoms with van der Waals surface area (Å²) in [5.41, 5.74) is 2.79. The van der Waals surface area contributed by atoms with Gasteiger partial charge in [0.25, 0.3) is 0 Å². The number of nitrogens with zero attached hydrogens (tertiary/aromatic N) is 1. The van der Waals surface area contributed by atoms with Crippen molar-refractivity contribution in [1.82, 2.24) is 10.3 Å². The number of carbonyl (C=O) groups is 1. The summed E-state index contributed by atoms with van der Waals surface area (Å²) in [7, 11) is 0. The molecule has 2 aromatic carbocycles. The fraction of sp³-hybridized carbons (Fsp3) is 0.200. The molecule has 1 aliphatic rings. The van der Waals surface area contributed by atoms with Crippen LogP contribution in [-0.2, 0) is 4.74 Å². The number of carboxylic acid groups (broad SMARTS) is 1. The van der Waals surface area contributed by atoms with E-state index in [1.807, 2.05) is 12.1 Å². The number of carboxylic acids is 1. The molecule has 6 nitrogen and oxygen atoms in total. The Bertz CT molecular complexity index is 1050. The third kappa shape index (κ3) is 3.91. The zero-order valence-corrected chi connectivity index (χ0v) is 16.2. The van der Waals surface area contributed by atoms with E-state index in [0.29, 0.717) is 34.6 Å². The van der Waals surface area contributed by atoms with Crippen LogP contribution >= 0.6 is 23.2 Å². The van der Waals surface area contributed by atoms with Crippen LogP contribution in [0.25, 0.3) is 10.9 Å². The molecule has 1 atom stereocenters. The number of anilines is 2. The lowest BCUT2D eigenvalue weighted by Gasteiger charge is -2.24. The lowest BCUT2D eigenvalue weighted by molar-refractivity contribution is 0.0698. The van der Waals surface area contributed by atoms with Crippen LogP contribution in [0, 0.1) is 0 Å². The summed E-state index contributed by atoms with van der Waals surface area (Å²) in [6.07, 6.45) is 0. The Hall–Kier alpha value is -2.38. The SMILES string of the molecule is O=C(O)c1cc(Cl)ccc1Nc1cc(C2COCCN2)nc2ccc(Cl)cc12. The van der Waals surface area contributed by atoms with Crippen LogP contribution in [0.15, 0.2) is 42.5 Å². The molecule has 1 aromatic heterocycles. The summed E-state index contributed by atoms with van der Waals surface area (Å²) in [6.45, 7) is 1.93. The number of benzene rings is 2. The minimum absolute atomic E-state index is 0.0430. The Morgan fingerprint density at radius 3 is 2.68 bits per heavy atom. The maximum absolute atomic E-state index is 11.6. The molecule has 8 heteroatoms. The highest BCUT2D eigenvalue weighted by atomic mass is 35.5. The van der Waals surface area contributed by atoms with E-state index in [2.05, 4.69) is 10.6 Å². The minimum Gasteiger partial charge on any atom is -0.478 e. The Balaban J connectivity index is 1.83. The molecule has 3 aromatic rings. The third-order valence-corrected chi connectivity index (χ3v) is 5.02. The van der Waals surface area contributed by atoms with Gasteiger partial charge in [0, 0.05) is 27.7 Å². The molecule has 0 aliphatic carbocycles. The molecule has 1 fully saturated rings. The average Bonchev–Trinajstić information content (AvgIpc) is 2.70. The molecular weight excluding hydrogens is 401 g/mol. The van der Waals surface area contributed by atoms with Gasteiger partial charge in [-0.2, -0.15) is 0 Å². The molecule has 0 saturated carbocycles. The van der Waals surface area contributed by atoms with Crippen LogP contribution in [0.4, 0.5) is 11.4 Å². The summed E-state index contributed by atoms with van der Waals surface area (Å²) < 4.78 is 5.55. The Morgan fingerprint density at radius 1 is 1.14 bits per heavy atom. The number of fused-ring (bicyclic) bond motifs is 1. The number of pyridine rings is 1. The van der Waals surface area contributed by atoms with E-state index < -0.39 is 5.97 Å². The molecule has 4 rings (SSSR count). The van der Waals surface area contributed by atoms with E-state index >= 15 is 0 Å². The lowest BCUT2D eigenvalue weighted by Crippen LogP contribution is -2.35. The van der Waals surface area contributed by atoms with E-state index in [-0.39, 0.29) is 11.6 Å². The number of rotatable bonds is 4. The van der Waals surface area contributed by atoms with Gasteiger partial charge >= 0.3 is 5.97 Å². The fourth-order valence-corrected chi connectivity index (χ4v) is 3.55. The maximum Gasteiger partial charge on any atom is 0.337 e. The summed E-state index contributed by atoms with van der Waals surface area (Å²) in [5, 5.41) is 17.9. The molecule has 1 aliphatic heterocycles. The van der Waals surface area contributed by atoms with E-state index in [9.17, 15) is 9.90 Å². The number of morpholine rings is 1. The van der Waals surface area contributed by atoms with Crippen LogP contribution in [0.1, 0.15) is 22.1 Å². The van der Waals surface area contributed by atoms with Gasteiger partial charge in [-0.3, -0.25) is 4.98 Å². The molecule has 0 amide bonds. The average molecular weight is 418 g/mol. The highest BCUT2D eigenvalue weighted by Gasteiger charge is 2.20. The highest BCUT2D eigenvalue weighted by molar-refractivity contribution is 6.31. The van der Waals surface area contributed by atoms with Crippen molar-refractivity contribution in [3.63, 3.8) is 0 Å². The first kappa shape index (κ1) is 19.0. The second kappa shape index (κ2) is 7.93. The number of hydrogen-bond donors (Lipinski definition) is 3. The van der Waals surface area contributed by atoms with Crippen molar-refractivity contribution >= 4 is 51.4 Å². The molecule has 144 valence electrons. The van der Waals surface area contributed by atoms with Gasteiger partial charge in [0.1, 0.15) is 0 Å². The largest absolute Gasteiger partial charge is 0.478 e. The second-order valence-electron chi connectivity index (χ2n) is 6.46. The normalized spacial score (nSPS) is 16.9. The van der Waals surface area contributed by atoms with E-state index in [1.54, 1.807) is 24.3 Å². The first-order valence-corrected chi connectivity index (χ1v) is 9.48. The van der Waals surface area contributed by atoms with Gasteiger partial charge in [-0.05, 0) is 42.5 Å². The van der Waals surface area contributed by atoms with Gasteiger partial charge in [-0.15, -0.1) is 0 Å². The van der Waals surface area contributed by atoms with Crippen molar-refractivity contribution in [2.24, 2.45) is 0 Å². The topological polar surface area (TPSA) is 83.5 Å². The molecule has 0 bridgehead atoms. The summed E-state index contributed by atoms with van der Waals surface area (Å²) in [6, 6.07) is 12.0. The summed E-state index contributed by atoms with van der Waals surface area (Å²) >= 11 is 12.2. The number of nitrogens with one attached hydrogen (secondary N) is 2. The van der Waals surface area contributed by atoms with Crippen molar-refractivity contribution < 1.29 is 14.6 Å². The molecule has 3 N–H and O–H groups in total. The Morgan fingerprint density at radius 2 is 1.93 bits per heavy atom. The molecule has 2 heterocycles. The van der Waals surface area contributed by atoms with Crippen molar-refractivity contribution in [3.8, 4) is 0 Å². The standard InChI is InChI=1S/C20H17Cl2N3O3/c21-11-1-3-15-13(7-11)17(9-18(25-15)19-10-28-6-5-23-19)24-16-4-2-12(22)8-14(16)20(26)27/h1-4,7-9,19,23H,5-6,10H2,(H,24,25)(H,26,27). The molecule has 28 heavy (non-hydrogen) atoms. The van der Waals surface area contributed by atoms with E-state index in [4.69, 9.17) is 32.9 Å². The predicted octanol–water partition coefficient (Wildman–Crippen LogP) is 4.64. The summed E-state index contributed by atoms with van der Waals surface area (Å²) in [5.74, 6) is -1.07. The third-order valence-electron chi connectivity index (χ3n) is 4.55. The maximum atomic E-state index is 11.6. The lowest BCUT2D eigenvalue weighted by atomic mass is 10.1. The fourth-order valence-electron chi connectivity index (χ4n) is 3.20. The van der Waals surface area contributed by atoms with Gasteiger partial charge in [0.05, 0.1) is 41.7 Å². The van der Waals surface area contributed by atoms with Gasteiger partial charge in [-0.1, -0.05) is 23.2 Å². The molecule has 1 saturated heterocycles. The molecule has 0 spiro atoms. The number of halogens is 2. The second-order valence-corrected chi connectivity index (χ2v) is 7.33. The molecular formula is C20H17Cl2N3O3. The van der Waals surface area contributed by atoms with Gasteiger partial charge in [-0.25, -0.2) is 4.79 Å². The Labute approximate surface area is 171 Å².